The van der Waals surface area contributed by atoms with Gasteiger partial charge in [-0.05, 0) is 49.1 Å². The number of fused-ring (bicyclic) bond motifs is 1. The molecule has 0 spiro atoms. The summed E-state index contributed by atoms with van der Waals surface area (Å²) in [5.74, 6) is 0.244. The minimum atomic E-state index is -0.236. The summed E-state index contributed by atoms with van der Waals surface area (Å²) >= 11 is 6.74. The standard InChI is InChI=1S/C29H26N4O2S2/c1-19-8-11-22(12-9-19)18-33-28(35)24(37-29(33)36)16-23-26(30-15-14-21-6-4-3-5-7-21)31-25-13-10-20(2)17-32(25)27(23)34/h3-13,16-17,30H,14-15,18H2,1-2H3. The van der Waals surface area contributed by atoms with Crippen LogP contribution >= 0.6 is 24.0 Å². The van der Waals surface area contributed by atoms with Gasteiger partial charge in [-0.1, -0.05) is 90.2 Å². The third kappa shape index (κ3) is 5.50. The average Bonchev–Trinajstić information content (AvgIpc) is 3.16. The molecule has 0 atom stereocenters. The molecule has 0 saturated carbocycles. The number of carbonyl (C=O) groups is 1. The molecule has 1 fully saturated rings. The fraction of sp³-hybridized carbons (Fsp3) is 0.172. The first-order valence-corrected chi connectivity index (χ1v) is 13.2. The van der Waals surface area contributed by atoms with Crippen LogP contribution in [0.3, 0.4) is 0 Å². The monoisotopic (exact) mass is 526 g/mol. The molecule has 186 valence electrons. The zero-order valence-electron chi connectivity index (χ0n) is 20.6. The zero-order chi connectivity index (χ0) is 25.9. The van der Waals surface area contributed by atoms with Gasteiger partial charge in [-0.15, -0.1) is 0 Å². The molecule has 0 bridgehead atoms. The molecule has 8 heteroatoms. The van der Waals surface area contributed by atoms with E-state index in [-0.39, 0.29) is 11.5 Å². The van der Waals surface area contributed by atoms with Crippen molar-refractivity contribution in [2.24, 2.45) is 0 Å². The number of hydrogen-bond donors (Lipinski definition) is 1. The van der Waals surface area contributed by atoms with Crippen molar-refractivity contribution in [3.05, 3.63) is 116 Å². The molecule has 0 unspecified atom stereocenters. The highest BCUT2D eigenvalue weighted by molar-refractivity contribution is 8.26. The van der Waals surface area contributed by atoms with Crippen molar-refractivity contribution in [3.8, 4) is 0 Å². The predicted octanol–water partition coefficient (Wildman–Crippen LogP) is 5.37. The number of nitrogens with one attached hydrogen (secondary N) is 1. The fourth-order valence-electron chi connectivity index (χ4n) is 4.14. The lowest BCUT2D eigenvalue weighted by atomic mass is 10.1. The highest BCUT2D eigenvalue weighted by Gasteiger charge is 2.32. The molecule has 4 aromatic rings. The lowest BCUT2D eigenvalue weighted by molar-refractivity contribution is -0.122. The lowest BCUT2D eigenvalue weighted by Crippen LogP contribution is -2.27. The summed E-state index contributed by atoms with van der Waals surface area (Å²) in [6.07, 6.45) is 4.16. The van der Waals surface area contributed by atoms with E-state index in [0.717, 1.165) is 23.1 Å². The van der Waals surface area contributed by atoms with Gasteiger partial charge in [0.15, 0.2) is 0 Å². The molecule has 0 radical (unpaired) electrons. The SMILES string of the molecule is Cc1ccc(CN2C(=O)C(=Cc3c(NCCc4ccccc4)nc4ccc(C)cn4c3=O)SC2=S)cc1. The summed E-state index contributed by atoms with van der Waals surface area (Å²) in [4.78, 5) is 33.6. The van der Waals surface area contributed by atoms with E-state index in [9.17, 15) is 9.59 Å². The largest absolute Gasteiger partial charge is 0.369 e. The van der Waals surface area contributed by atoms with E-state index in [1.165, 1.54) is 21.7 Å². The summed E-state index contributed by atoms with van der Waals surface area (Å²) < 4.78 is 2.00. The van der Waals surface area contributed by atoms with Gasteiger partial charge in [0, 0.05) is 12.7 Å². The van der Waals surface area contributed by atoms with Crippen molar-refractivity contribution in [2.45, 2.75) is 26.8 Å². The smallest absolute Gasteiger partial charge is 0.267 e. The van der Waals surface area contributed by atoms with E-state index in [4.69, 9.17) is 17.2 Å². The highest BCUT2D eigenvalue weighted by Crippen LogP contribution is 2.34. The Balaban J connectivity index is 1.48. The average molecular weight is 527 g/mol. The summed E-state index contributed by atoms with van der Waals surface area (Å²) in [5.41, 5.74) is 4.92. The van der Waals surface area contributed by atoms with Gasteiger partial charge in [0.25, 0.3) is 11.5 Å². The maximum absolute atomic E-state index is 13.6. The van der Waals surface area contributed by atoms with Crippen LogP contribution in [0.25, 0.3) is 11.7 Å². The quantitative estimate of drug-likeness (QED) is 0.258. The van der Waals surface area contributed by atoms with Crippen LogP contribution in [-0.2, 0) is 17.8 Å². The Morgan fingerprint density at radius 3 is 2.43 bits per heavy atom. The number of anilines is 1. The number of hydrogen-bond acceptors (Lipinski definition) is 6. The van der Waals surface area contributed by atoms with Gasteiger partial charge in [0.1, 0.15) is 15.8 Å². The Morgan fingerprint density at radius 2 is 1.68 bits per heavy atom. The number of rotatable bonds is 7. The van der Waals surface area contributed by atoms with Crippen molar-refractivity contribution in [3.63, 3.8) is 0 Å². The van der Waals surface area contributed by atoms with Crippen molar-refractivity contribution < 1.29 is 4.79 Å². The summed E-state index contributed by atoms with van der Waals surface area (Å²) in [6, 6.07) is 21.9. The molecule has 1 saturated heterocycles. The first kappa shape index (κ1) is 24.9. The summed E-state index contributed by atoms with van der Waals surface area (Å²) in [5, 5.41) is 3.33. The second-order valence-electron chi connectivity index (χ2n) is 9.03. The molecule has 1 amide bonds. The van der Waals surface area contributed by atoms with Crippen LogP contribution in [0.2, 0.25) is 0 Å². The Hall–Kier alpha value is -3.75. The molecule has 2 aromatic heterocycles. The predicted molar refractivity (Wildman–Crippen MR) is 155 cm³/mol. The fourth-order valence-corrected chi connectivity index (χ4v) is 5.37. The van der Waals surface area contributed by atoms with Crippen LogP contribution in [0, 0.1) is 13.8 Å². The topological polar surface area (TPSA) is 66.7 Å². The number of nitrogens with zero attached hydrogens (tertiary/aromatic N) is 3. The molecular formula is C29H26N4O2S2. The minimum Gasteiger partial charge on any atom is -0.369 e. The van der Waals surface area contributed by atoms with Gasteiger partial charge in [-0.25, -0.2) is 4.98 Å². The van der Waals surface area contributed by atoms with E-state index in [0.29, 0.717) is 39.3 Å². The summed E-state index contributed by atoms with van der Waals surface area (Å²) in [6.45, 7) is 4.93. The maximum atomic E-state index is 13.6. The van der Waals surface area contributed by atoms with Crippen molar-refractivity contribution >= 4 is 51.7 Å². The molecule has 1 aliphatic rings. The Kier molecular flexibility index (Phi) is 7.21. The third-order valence-electron chi connectivity index (χ3n) is 6.16. The first-order valence-electron chi connectivity index (χ1n) is 12.0. The van der Waals surface area contributed by atoms with Gasteiger partial charge in [-0.2, -0.15) is 0 Å². The van der Waals surface area contributed by atoms with Gasteiger partial charge in [0.2, 0.25) is 0 Å². The zero-order valence-corrected chi connectivity index (χ0v) is 22.2. The number of thiocarbonyl (C=S) groups is 1. The number of pyridine rings is 1. The van der Waals surface area contributed by atoms with E-state index >= 15 is 0 Å². The molecule has 1 N–H and O–H groups in total. The number of carbonyl (C=O) groups excluding carboxylic acids is 1. The second kappa shape index (κ2) is 10.7. The van der Waals surface area contributed by atoms with Crippen LogP contribution in [0.15, 0.2) is 82.6 Å². The van der Waals surface area contributed by atoms with Crippen LogP contribution in [-0.4, -0.2) is 31.1 Å². The number of aryl methyl sites for hydroxylation is 2. The number of aromatic nitrogens is 2. The molecule has 0 aliphatic carbocycles. The van der Waals surface area contributed by atoms with Crippen LogP contribution in [0.1, 0.15) is 27.8 Å². The van der Waals surface area contributed by atoms with E-state index in [2.05, 4.69) is 17.4 Å². The van der Waals surface area contributed by atoms with E-state index < -0.39 is 0 Å². The van der Waals surface area contributed by atoms with Gasteiger partial charge in [0.05, 0.1) is 17.0 Å². The van der Waals surface area contributed by atoms with E-state index in [1.54, 1.807) is 17.2 Å². The maximum Gasteiger partial charge on any atom is 0.267 e. The Bertz CT molecular complexity index is 1580. The molecular weight excluding hydrogens is 500 g/mol. The molecule has 37 heavy (non-hydrogen) atoms. The van der Waals surface area contributed by atoms with Gasteiger partial charge >= 0.3 is 0 Å². The Labute approximate surface area is 225 Å². The van der Waals surface area contributed by atoms with Crippen LogP contribution < -0.4 is 10.9 Å². The minimum absolute atomic E-state index is 0.209. The number of benzene rings is 2. The molecule has 1 aliphatic heterocycles. The number of thioether (sulfide) groups is 1. The second-order valence-corrected chi connectivity index (χ2v) is 10.7. The third-order valence-corrected chi connectivity index (χ3v) is 7.54. The molecule has 2 aromatic carbocycles. The van der Waals surface area contributed by atoms with E-state index in [1.807, 2.05) is 68.4 Å². The lowest BCUT2D eigenvalue weighted by Gasteiger charge is -2.14. The van der Waals surface area contributed by atoms with Gasteiger partial charge < -0.3 is 5.32 Å². The van der Waals surface area contributed by atoms with Crippen molar-refractivity contribution in [1.29, 1.82) is 0 Å². The van der Waals surface area contributed by atoms with Crippen LogP contribution in [0.5, 0.6) is 0 Å². The van der Waals surface area contributed by atoms with Crippen molar-refractivity contribution in [1.82, 2.24) is 14.3 Å². The molecule has 5 rings (SSSR count). The summed E-state index contributed by atoms with van der Waals surface area (Å²) in [7, 11) is 0. The first-order chi connectivity index (χ1) is 17.9. The Morgan fingerprint density at radius 1 is 0.946 bits per heavy atom. The highest BCUT2D eigenvalue weighted by atomic mass is 32.2. The van der Waals surface area contributed by atoms with Crippen LogP contribution in [0.4, 0.5) is 5.82 Å². The molecule has 6 nitrogen and oxygen atoms in total. The number of amides is 1. The van der Waals surface area contributed by atoms with Gasteiger partial charge in [-0.3, -0.25) is 18.9 Å². The normalized spacial score (nSPS) is 14.6. The molecule has 3 heterocycles. The van der Waals surface area contributed by atoms with Crippen molar-refractivity contribution in [2.75, 3.05) is 11.9 Å².